The Bertz CT molecular complexity index is 687. The topological polar surface area (TPSA) is 47.6 Å². The van der Waals surface area contributed by atoms with E-state index in [1.807, 2.05) is 0 Å². The van der Waals surface area contributed by atoms with Gasteiger partial charge in [0, 0.05) is 5.56 Å². The molecule has 2 aromatic carbocycles. The van der Waals surface area contributed by atoms with E-state index in [2.05, 4.69) is 23.9 Å². The molecule has 0 aliphatic carbocycles. The fourth-order valence-electron chi connectivity index (χ4n) is 2.08. The number of amides is 1. The van der Waals surface area contributed by atoms with Crippen molar-refractivity contribution in [2.45, 2.75) is 26.9 Å². The van der Waals surface area contributed by atoms with Crippen LogP contribution in [0.2, 0.25) is 0 Å². The lowest BCUT2D eigenvalue weighted by Crippen LogP contribution is -2.13. The van der Waals surface area contributed by atoms with Crippen molar-refractivity contribution in [1.29, 1.82) is 0 Å². The van der Waals surface area contributed by atoms with Gasteiger partial charge in [-0.05, 0) is 48.7 Å². The molecule has 0 atom stereocenters. The van der Waals surface area contributed by atoms with Gasteiger partial charge in [0.15, 0.2) is 0 Å². The first-order valence-electron chi connectivity index (χ1n) is 8.03. The van der Waals surface area contributed by atoms with Crippen LogP contribution in [0.15, 0.2) is 48.5 Å². The molecule has 1 N–H and O–H groups in total. The molecule has 1 amide bonds. The third-order valence-corrected chi connectivity index (χ3v) is 3.43. The van der Waals surface area contributed by atoms with Crippen LogP contribution in [-0.2, 0) is 0 Å². The van der Waals surface area contributed by atoms with Gasteiger partial charge in [-0.1, -0.05) is 26.0 Å². The van der Waals surface area contributed by atoms with E-state index in [-0.39, 0.29) is 11.4 Å². The van der Waals surface area contributed by atoms with Gasteiger partial charge in [0.05, 0.1) is 12.3 Å². The van der Waals surface area contributed by atoms with Crippen LogP contribution in [0.5, 0.6) is 11.5 Å². The van der Waals surface area contributed by atoms with Crippen LogP contribution in [-0.4, -0.2) is 19.1 Å². The lowest BCUT2D eigenvalue weighted by Gasteiger charge is -2.12. The molecule has 0 unspecified atom stereocenters. The third-order valence-electron chi connectivity index (χ3n) is 3.43. The first-order chi connectivity index (χ1) is 12.0. The molecule has 2 rings (SSSR count). The molecule has 0 saturated heterocycles. The van der Waals surface area contributed by atoms with Gasteiger partial charge in [0.1, 0.15) is 11.5 Å². The highest BCUT2D eigenvalue weighted by atomic mass is 19.3. The minimum absolute atomic E-state index is 0.0838. The normalized spacial score (nSPS) is 10.8. The summed E-state index contributed by atoms with van der Waals surface area (Å²) in [6, 6.07) is 12.7. The molecule has 0 saturated carbocycles. The molecule has 0 fully saturated rings. The van der Waals surface area contributed by atoms with E-state index in [9.17, 15) is 13.6 Å². The second kappa shape index (κ2) is 9.01. The molecule has 0 radical (unpaired) electrons. The van der Waals surface area contributed by atoms with Gasteiger partial charge in [-0.25, -0.2) is 0 Å². The van der Waals surface area contributed by atoms with Gasteiger partial charge >= 0.3 is 6.61 Å². The molecule has 2 aromatic rings. The number of carbonyl (C=O) groups excluding carboxylic acids is 1. The van der Waals surface area contributed by atoms with Gasteiger partial charge in [-0.3, -0.25) is 4.79 Å². The first kappa shape index (κ1) is 18.7. The molecule has 0 heterocycles. The molecular formula is C19H21F2NO3. The number of carbonyl (C=O) groups is 1. The van der Waals surface area contributed by atoms with Crippen LogP contribution in [0, 0.1) is 5.92 Å². The Balaban J connectivity index is 1.99. The highest BCUT2D eigenvalue weighted by Crippen LogP contribution is 2.26. The summed E-state index contributed by atoms with van der Waals surface area (Å²) in [6.45, 7) is 1.89. The Hall–Kier alpha value is -2.63. The largest absolute Gasteiger partial charge is 0.494 e. The summed E-state index contributed by atoms with van der Waals surface area (Å²) in [4.78, 5) is 12.3. The van der Waals surface area contributed by atoms with Gasteiger partial charge in [0.2, 0.25) is 0 Å². The van der Waals surface area contributed by atoms with E-state index in [1.165, 1.54) is 12.1 Å². The van der Waals surface area contributed by atoms with E-state index in [0.717, 1.165) is 6.42 Å². The van der Waals surface area contributed by atoms with Crippen LogP contribution in [0.3, 0.4) is 0 Å². The Morgan fingerprint density at radius 3 is 2.40 bits per heavy atom. The summed E-state index contributed by atoms with van der Waals surface area (Å²) >= 11 is 0. The van der Waals surface area contributed by atoms with Crippen molar-refractivity contribution in [2.24, 2.45) is 5.92 Å². The van der Waals surface area contributed by atoms with Crippen molar-refractivity contribution in [3.05, 3.63) is 54.1 Å². The van der Waals surface area contributed by atoms with Crippen molar-refractivity contribution in [2.75, 3.05) is 11.9 Å². The molecule has 0 aliphatic rings. The number of hydrogen-bond donors (Lipinski definition) is 1. The van der Waals surface area contributed by atoms with Crippen LogP contribution >= 0.6 is 0 Å². The van der Waals surface area contributed by atoms with Crippen molar-refractivity contribution in [1.82, 2.24) is 0 Å². The summed E-state index contributed by atoms with van der Waals surface area (Å²) in [5.41, 5.74) is 0.577. The summed E-state index contributed by atoms with van der Waals surface area (Å²) in [5.74, 6) is 0.734. The standard InChI is InChI=1S/C19H21F2NO3/c1-13(2)11-12-24-15-9-7-14(8-10-15)18(23)22-16-5-3-4-6-17(16)25-19(20)21/h3-10,13,19H,11-12H2,1-2H3,(H,22,23). The van der Waals surface area contributed by atoms with Crippen molar-refractivity contribution < 1.29 is 23.0 Å². The first-order valence-corrected chi connectivity index (χ1v) is 8.03. The average molecular weight is 349 g/mol. The van der Waals surface area contributed by atoms with Crippen molar-refractivity contribution in [3.63, 3.8) is 0 Å². The SMILES string of the molecule is CC(C)CCOc1ccc(C(=O)Nc2ccccc2OC(F)F)cc1. The monoisotopic (exact) mass is 349 g/mol. The molecule has 6 heteroatoms. The van der Waals surface area contributed by atoms with E-state index in [0.29, 0.717) is 23.8 Å². The average Bonchev–Trinajstić information content (AvgIpc) is 2.56. The molecule has 25 heavy (non-hydrogen) atoms. The maximum absolute atomic E-state index is 12.4. The summed E-state index contributed by atoms with van der Waals surface area (Å²) < 4.78 is 34.8. The number of rotatable bonds is 8. The predicted octanol–water partition coefficient (Wildman–Crippen LogP) is 4.97. The fraction of sp³-hybridized carbons (Fsp3) is 0.316. The van der Waals surface area contributed by atoms with Gasteiger partial charge < -0.3 is 14.8 Å². The zero-order chi connectivity index (χ0) is 18.2. The number of para-hydroxylation sites is 2. The number of alkyl halides is 2. The van der Waals surface area contributed by atoms with E-state index in [4.69, 9.17) is 4.74 Å². The number of halogens is 2. The van der Waals surface area contributed by atoms with E-state index >= 15 is 0 Å². The van der Waals surface area contributed by atoms with Crippen LogP contribution < -0.4 is 14.8 Å². The molecule has 4 nitrogen and oxygen atoms in total. The van der Waals surface area contributed by atoms with E-state index in [1.54, 1.807) is 36.4 Å². The molecule has 0 bridgehead atoms. The zero-order valence-electron chi connectivity index (χ0n) is 14.2. The molecule has 0 aliphatic heterocycles. The maximum Gasteiger partial charge on any atom is 0.387 e. The van der Waals surface area contributed by atoms with Crippen LogP contribution in [0.25, 0.3) is 0 Å². The molecule has 0 spiro atoms. The Morgan fingerprint density at radius 2 is 1.76 bits per heavy atom. The summed E-state index contributed by atoms with van der Waals surface area (Å²) in [6.07, 6.45) is 0.948. The number of anilines is 1. The van der Waals surface area contributed by atoms with Crippen molar-refractivity contribution in [3.8, 4) is 11.5 Å². The Morgan fingerprint density at radius 1 is 1.08 bits per heavy atom. The fourth-order valence-corrected chi connectivity index (χ4v) is 2.08. The second-order valence-corrected chi connectivity index (χ2v) is 5.88. The minimum Gasteiger partial charge on any atom is -0.494 e. The van der Waals surface area contributed by atoms with E-state index < -0.39 is 12.5 Å². The Kier molecular flexibility index (Phi) is 6.74. The van der Waals surface area contributed by atoms with Crippen LogP contribution in [0.4, 0.5) is 14.5 Å². The second-order valence-electron chi connectivity index (χ2n) is 5.88. The third kappa shape index (κ3) is 6.06. The lowest BCUT2D eigenvalue weighted by molar-refractivity contribution is -0.0493. The Labute approximate surface area is 145 Å². The van der Waals surface area contributed by atoms with Gasteiger partial charge in [-0.2, -0.15) is 8.78 Å². The number of benzene rings is 2. The smallest absolute Gasteiger partial charge is 0.387 e. The molecular weight excluding hydrogens is 328 g/mol. The van der Waals surface area contributed by atoms with Crippen molar-refractivity contribution >= 4 is 11.6 Å². The molecule has 134 valence electrons. The van der Waals surface area contributed by atoms with Gasteiger partial charge in [0.25, 0.3) is 5.91 Å². The number of ether oxygens (including phenoxy) is 2. The predicted molar refractivity (Wildman–Crippen MR) is 92.4 cm³/mol. The maximum atomic E-state index is 12.4. The van der Waals surface area contributed by atoms with Gasteiger partial charge in [-0.15, -0.1) is 0 Å². The number of hydrogen-bond acceptors (Lipinski definition) is 3. The highest BCUT2D eigenvalue weighted by molar-refractivity contribution is 6.05. The molecule has 0 aromatic heterocycles. The minimum atomic E-state index is -2.96. The zero-order valence-corrected chi connectivity index (χ0v) is 14.2. The summed E-state index contributed by atoms with van der Waals surface area (Å²) in [7, 11) is 0. The van der Waals surface area contributed by atoms with Crippen LogP contribution in [0.1, 0.15) is 30.6 Å². The lowest BCUT2D eigenvalue weighted by atomic mass is 10.1. The quantitative estimate of drug-likeness (QED) is 0.732. The summed E-state index contributed by atoms with van der Waals surface area (Å²) in [5, 5.41) is 2.57. The highest BCUT2D eigenvalue weighted by Gasteiger charge is 2.12. The number of nitrogens with one attached hydrogen (secondary N) is 1.